The van der Waals surface area contributed by atoms with E-state index in [9.17, 15) is 0 Å². The van der Waals surface area contributed by atoms with Crippen molar-refractivity contribution in [3.63, 3.8) is 0 Å². The van der Waals surface area contributed by atoms with Crippen molar-refractivity contribution in [3.05, 3.63) is 65.2 Å². The highest BCUT2D eigenvalue weighted by atomic mass is 32.2. The number of aromatic nitrogens is 4. The third-order valence-corrected chi connectivity index (χ3v) is 8.48. The van der Waals surface area contributed by atoms with Gasteiger partial charge in [-0.3, -0.25) is 9.67 Å². The Bertz CT molecular complexity index is 1210. The number of hydrogen-bond acceptors (Lipinski definition) is 4. The number of nitrogens with zero attached hydrogens (tertiary/aromatic N) is 3. The van der Waals surface area contributed by atoms with E-state index in [2.05, 4.69) is 96.8 Å². The van der Waals surface area contributed by atoms with Gasteiger partial charge >= 0.3 is 0 Å². The van der Waals surface area contributed by atoms with Crippen LogP contribution in [-0.2, 0) is 17.9 Å². The first-order valence-electron chi connectivity index (χ1n) is 11.6. The highest BCUT2D eigenvalue weighted by Crippen LogP contribution is 2.28. The molecule has 2 aromatic carbocycles. The van der Waals surface area contributed by atoms with Crippen molar-refractivity contribution in [2.45, 2.75) is 57.7 Å². The number of aromatic amines is 1. The van der Waals surface area contributed by atoms with Crippen LogP contribution in [0.5, 0.6) is 0 Å². The molecule has 5 nitrogen and oxygen atoms in total. The van der Waals surface area contributed by atoms with Gasteiger partial charge in [-0.2, -0.15) is 5.10 Å². The van der Waals surface area contributed by atoms with E-state index in [-0.39, 0.29) is 0 Å². The molecule has 2 heterocycles. The van der Waals surface area contributed by atoms with E-state index in [0.29, 0.717) is 6.73 Å². The van der Waals surface area contributed by atoms with Crippen LogP contribution in [0.3, 0.4) is 0 Å². The molecular formula is C26H34N4OSSi. The maximum Gasteiger partial charge on any atom is 0.161 e. The number of benzene rings is 2. The Morgan fingerprint density at radius 2 is 1.79 bits per heavy atom. The fourth-order valence-electron chi connectivity index (χ4n) is 3.66. The molecule has 0 saturated carbocycles. The van der Waals surface area contributed by atoms with Crippen LogP contribution in [0.15, 0.2) is 53.6 Å². The molecule has 0 aliphatic carbocycles. The summed E-state index contributed by atoms with van der Waals surface area (Å²) in [6, 6.07) is 18.2. The van der Waals surface area contributed by atoms with E-state index in [1.54, 1.807) is 11.8 Å². The number of fused-ring (bicyclic) bond motifs is 1. The van der Waals surface area contributed by atoms with Crippen molar-refractivity contribution in [1.82, 2.24) is 19.7 Å². The Labute approximate surface area is 202 Å². The summed E-state index contributed by atoms with van der Waals surface area (Å²) < 4.78 is 8.31. The van der Waals surface area contributed by atoms with Crippen LogP contribution in [0.4, 0.5) is 0 Å². The Hall–Kier alpha value is -2.35. The van der Waals surface area contributed by atoms with Crippen LogP contribution < -0.4 is 0 Å². The molecule has 1 N–H and O–H groups in total. The summed E-state index contributed by atoms with van der Waals surface area (Å²) in [5, 5.41) is 8.75. The Kier molecular flexibility index (Phi) is 7.41. The van der Waals surface area contributed by atoms with Gasteiger partial charge in [0.1, 0.15) is 17.5 Å². The van der Waals surface area contributed by atoms with Gasteiger partial charge in [0.25, 0.3) is 0 Å². The average Bonchev–Trinajstić information content (AvgIpc) is 3.36. The zero-order chi connectivity index (χ0) is 23.4. The van der Waals surface area contributed by atoms with Crippen molar-refractivity contribution in [2.75, 3.05) is 12.4 Å². The fourth-order valence-corrected chi connectivity index (χ4v) is 5.28. The molecule has 174 valence electrons. The molecule has 0 aliphatic heterocycles. The minimum Gasteiger partial charge on any atom is -0.361 e. The van der Waals surface area contributed by atoms with E-state index in [1.165, 1.54) is 16.7 Å². The number of imidazole rings is 1. The van der Waals surface area contributed by atoms with Crippen LogP contribution in [0.25, 0.3) is 22.6 Å². The molecule has 0 saturated heterocycles. The van der Waals surface area contributed by atoms with Crippen LogP contribution in [0.1, 0.15) is 16.7 Å². The lowest BCUT2D eigenvalue weighted by molar-refractivity contribution is 0.0909. The second-order valence-corrected chi connectivity index (χ2v) is 16.6. The van der Waals surface area contributed by atoms with Gasteiger partial charge in [-0.05, 0) is 55.1 Å². The second-order valence-electron chi connectivity index (χ2n) is 9.84. The summed E-state index contributed by atoms with van der Waals surface area (Å²) in [5.41, 5.74) is 6.89. The average molecular weight is 479 g/mol. The first-order chi connectivity index (χ1) is 15.8. The lowest BCUT2D eigenvalue weighted by atomic mass is 10.1. The number of H-pyrrole nitrogens is 1. The summed E-state index contributed by atoms with van der Waals surface area (Å²) >= 11 is 1.77. The number of hydrogen-bond donors (Lipinski definition) is 1. The summed E-state index contributed by atoms with van der Waals surface area (Å²) in [5.74, 6) is 1.87. The molecule has 0 atom stereocenters. The van der Waals surface area contributed by atoms with Gasteiger partial charge in [0.2, 0.25) is 0 Å². The van der Waals surface area contributed by atoms with Crippen LogP contribution >= 0.6 is 11.8 Å². The van der Waals surface area contributed by atoms with E-state index < -0.39 is 8.07 Å². The molecule has 0 fully saturated rings. The number of aryl methyl sites for hydroxylation is 3. The van der Waals surface area contributed by atoms with Gasteiger partial charge < -0.3 is 4.74 Å². The molecule has 0 radical (unpaired) electrons. The third kappa shape index (κ3) is 6.16. The van der Waals surface area contributed by atoms with Gasteiger partial charge in [-0.25, -0.2) is 4.98 Å². The zero-order valence-corrected chi connectivity index (χ0v) is 22.1. The Morgan fingerprint density at radius 1 is 1.03 bits per heavy atom. The summed E-state index contributed by atoms with van der Waals surface area (Å²) in [7, 11) is -1.13. The molecule has 7 heteroatoms. The molecule has 0 unspecified atom stereocenters. The van der Waals surface area contributed by atoms with E-state index in [0.717, 1.165) is 52.4 Å². The molecule has 0 aliphatic rings. The van der Waals surface area contributed by atoms with E-state index in [4.69, 9.17) is 9.72 Å². The van der Waals surface area contributed by atoms with Crippen LogP contribution in [-0.4, -0.2) is 40.2 Å². The van der Waals surface area contributed by atoms with Crippen molar-refractivity contribution in [3.8, 4) is 11.5 Å². The standard InChI is InChI=1S/C26H34N4OSSi/c1-19-15-22-24(16-20(19)2)30(18-31-12-14-33(3,4)5)26(27-22)23-17-25(29-28-23)32-13-11-21-9-7-6-8-10-21/h6-10,15-17H,11-14,18H2,1-5H3,(H,28,29). The van der Waals surface area contributed by atoms with Gasteiger partial charge in [-0.15, -0.1) is 11.8 Å². The zero-order valence-electron chi connectivity index (χ0n) is 20.3. The predicted molar refractivity (Wildman–Crippen MR) is 142 cm³/mol. The molecule has 4 aromatic rings. The lowest BCUT2D eigenvalue weighted by Gasteiger charge is -2.16. The number of rotatable bonds is 10. The first-order valence-corrected chi connectivity index (χ1v) is 16.3. The maximum atomic E-state index is 6.13. The number of ether oxygens (including phenoxy) is 1. The second kappa shape index (κ2) is 10.3. The SMILES string of the molecule is Cc1cc2nc(-c3cc(SCCc4ccccc4)n[nH]3)n(COCC[Si](C)(C)C)c2cc1C. The van der Waals surface area contributed by atoms with Crippen LogP contribution in [0.2, 0.25) is 25.7 Å². The number of thioether (sulfide) groups is 1. The molecule has 2 aromatic heterocycles. The third-order valence-electron chi connectivity index (χ3n) is 5.86. The van der Waals surface area contributed by atoms with Gasteiger partial charge in [0.15, 0.2) is 5.82 Å². The van der Waals surface area contributed by atoms with Crippen molar-refractivity contribution < 1.29 is 4.74 Å². The smallest absolute Gasteiger partial charge is 0.161 e. The topological polar surface area (TPSA) is 55.7 Å². The maximum absolute atomic E-state index is 6.13. The highest BCUT2D eigenvalue weighted by molar-refractivity contribution is 7.99. The summed E-state index contributed by atoms with van der Waals surface area (Å²) in [6.45, 7) is 12.7. The van der Waals surface area contributed by atoms with E-state index in [1.807, 2.05) is 0 Å². The van der Waals surface area contributed by atoms with E-state index >= 15 is 0 Å². The van der Waals surface area contributed by atoms with Gasteiger partial charge in [-0.1, -0.05) is 50.0 Å². The molecule has 0 spiro atoms. The Balaban J connectivity index is 1.53. The Morgan fingerprint density at radius 3 is 2.55 bits per heavy atom. The lowest BCUT2D eigenvalue weighted by Crippen LogP contribution is -2.22. The number of nitrogens with one attached hydrogen (secondary N) is 1. The molecular weight excluding hydrogens is 444 g/mol. The van der Waals surface area contributed by atoms with Crippen LogP contribution in [0, 0.1) is 13.8 Å². The molecule has 0 amide bonds. The molecule has 0 bridgehead atoms. The quantitative estimate of drug-likeness (QED) is 0.157. The molecule has 4 rings (SSSR count). The van der Waals surface area contributed by atoms with Gasteiger partial charge in [0, 0.05) is 26.5 Å². The first kappa shape index (κ1) is 23.8. The normalized spacial score (nSPS) is 12.0. The van der Waals surface area contributed by atoms with Crippen molar-refractivity contribution in [1.29, 1.82) is 0 Å². The predicted octanol–water partition coefficient (Wildman–Crippen LogP) is 6.69. The minimum absolute atomic E-state index is 0.494. The summed E-state index contributed by atoms with van der Waals surface area (Å²) in [4.78, 5) is 4.96. The highest BCUT2D eigenvalue weighted by Gasteiger charge is 2.17. The fraction of sp³-hybridized carbons (Fsp3) is 0.385. The molecule has 33 heavy (non-hydrogen) atoms. The summed E-state index contributed by atoms with van der Waals surface area (Å²) in [6.07, 6.45) is 1.02. The minimum atomic E-state index is -1.13. The van der Waals surface area contributed by atoms with Crippen molar-refractivity contribution >= 4 is 30.9 Å². The van der Waals surface area contributed by atoms with Crippen molar-refractivity contribution in [2.24, 2.45) is 0 Å². The van der Waals surface area contributed by atoms with Gasteiger partial charge in [0.05, 0.1) is 11.0 Å². The largest absolute Gasteiger partial charge is 0.361 e. The monoisotopic (exact) mass is 478 g/mol.